The van der Waals surface area contributed by atoms with Gasteiger partial charge in [0.2, 0.25) is 5.91 Å². The molecule has 3 heterocycles. The van der Waals surface area contributed by atoms with E-state index in [0.29, 0.717) is 17.8 Å². The summed E-state index contributed by atoms with van der Waals surface area (Å²) in [5.41, 5.74) is 5.17. The van der Waals surface area contributed by atoms with Gasteiger partial charge in [-0.15, -0.1) is 0 Å². The maximum absolute atomic E-state index is 12.8. The highest BCUT2D eigenvalue weighted by Gasteiger charge is 2.41. The third kappa shape index (κ3) is 4.47. The molecule has 0 bridgehead atoms. The predicted molar refractivity (Wildman–Crippen MR) is 125 cm³/mol. The minimum Gasteiger partial charge on any atom is -0.466 e. The number of esters is 1. The van der Waals surface area contributed by atoms with Crippen LogP contribution >= 0.6 is 11.8 Å². The van der Waals surface area contributed by atoms with Gasteiger partial charge in [0, 0.05) is 18.8 Å². The first-order chi connectivity index (χ1) is 15.4. The van der Waals surface area contributed by atoms with Crippen molar-refractivity contribution in [1.29, 1.82) is 0 Å². The average molecular weight is 456 g/mol. The van der Waals surface area contributed by atoms with Crippen molar-refractivity contribution in [3.63, 3.8) is 0 Å². The maximum atomic E-state index is 12.8. The summed E-state index contributed by atoms with van der Waals surface area (Å²) in [6.45, 7) is 7.20. The van der Waals surface area contributed by atoms with Crippen LogP contribution in [0.2, 0.25) is 0 Å². The molecule has 0 unspecified atom stereocenters. The van der Waals surface area contributed by atoms with E-state index in [1.807, 2.05) is 43.2 Å². The first-order valence-electron chi connectivity index (χ1n) is 10.9. The lowest BCUT2D eigenvalue weighted by Gasteiger charge is -2.37. The van der Waals surface area contributed by atoms with E-state index in [9.17, 15) is 9.59 Å². The lowest BCUT2D eigenvalue weighted by molar-refractivity contribution is -0.136. The number of carbonyl (C=O) groups excluding carboxylic acids is 2. The zero-order valence-corrected chi connectivity index (χ0v) is 19.8. The van der Waals surface area contributed by atoms with Gasteiger partial charge in [0.1, 0.15) is 0 Å². The highest BCUT2D eigenvalue weighted by Crippen LogP contribution is 2.45. The number of amidine groups is 1. The van der Waals surface area contributed by atoms with Crippen LogP contribution in [0.15, 0.2) is 45.6 Å². The third-order valence-corrected chi connectivity index (χ3v) is 6.91. The Morgan fingerprint density at radius 3 is 2.81 bits per heavy atom. The highest BCUT2D eigenvalue weighted by atomic mass is 32.2. The molecule has 2 atom stereocenters. The fourth-order valence-electron chi connectivity index (χ4n) is 4.43. The summed E-state index contributed by atoms with van der Waals surface area (Å²) in [6.07, 6.45) is 2.31. The number of aliphatic imine (C=N–C) groups is 1. The smallest absolute Gasteiger partial charge is 0.338 e. The number of aryl methyl sites for hydroxylation is 2. The van der Waals surface area contributed by atoms with E-state index in [2.05, 4.69) is 16.4 Å². The van der Waals surface area contributed by atoms with Crippen LogP contribution in [-0.4, -0.2) is 48.3 Å². The van der Waals surface area contributed by atoms with Crippen LogP contribution in [-0.2, 0) is 19.1 Å². The van der Waals surface area contributed by atoms with E-state index in [-0.39, 0.29) is 18.4 Å². The Labute approximate surface area is 192 Å². The predicted octanol–water partition coefficient (Wildman–Crippen LogP) is 3.74. The Bertz CT molecular complexity index is 1020. The van der Waals surface area contributed by atoms with Crippen molar-refractivity contribution in [3.05, 3.63) is 57.3 Å². The number of hydrogen-bond donors (Lipinski definition) is 1. The Hall–Kier alpha value is -2.58. The van der Waals surface area contributed by atoms with Gasteiger partial charge in [-0.1, -0.05) is 35.5 Å². The van der Waals surface area contributed by atoms with Crippen molar-refractivity contribution in [3.8, 4) is 0 Å². The van der Waals surface area contributed by atoms with Gasteiger partial charge in [0.05, 0.1) is 36.9 Å². The quantitative estimate of drug-likeness (QED) is 0.659. The van der Waals surface area contributed by atoms with E-state index < -0.39 is 12.0 Å². The number of amides is 1. The summed E-state index contributed by atoms with van der Waals surface area (Å²) in [7, 11) is 1.38. The molecule has 7 nitrogen and oxygen atoms in total. The SMILES string of the molecule is COC(=O)C1=C(C)N=C2SC=C(CC(=O)NC[C@@H]3CCCO3)N2[C@H]1c1ccc(C)cc1C. The monoisotopic (exact) mass is 455 g/mol. The Balaban J connectivity index is 1.63. The summed E-state index contributed by atoms with van der Waals surface area (Å²) >= 11 is 1.48. The zero-order valence-electron chi connectivity index (χ0n) is 18.9. The number of fused-ring (bicyclic) bond motifs is 1. The Morgan fingerprint density at radius 2 is 2.12 bits per heavy atom. The molecule has 3 aliphatic heterocycles. The van der Waals surface area contributed by atoms with Gasteiger partial charge in [0.15, 0.2) is 5.17 Å². The number of ether oxygens (including phenoxy) is 2. The Kier molecular flexibility index (Phi) is 6.71. The summed E-state index contributed by atoms with van der Waals surface area (Å²) < 4.78 is 10.7. The van der Waals surface area contributed by atoms with Gasteiger partial charge in [-0.2, -0.15) is 0 Å². The van der Waals surface area contributed by atoms with E-state index in [1.165, 1.54) is 18.9 Å². The normalized spacial score (nSPS) is 22.4. The van der Waals surface area contributed by atoms with Crippen LogP contribution in [0.4, 0.5) is 0 Å². The number of nitrogens with one attached hydrogen (secondary N) is 1. The Morgan fingerprint density at radius 1 is 1.31 bits per heavy atom. The fraction of sp³-hybridized carbons (Fsp3) is 0.458. The summed E-state index contributed by atoms with van der Waals surface area (Å²) in [5.74, 6) is -0.478. The molecule has 0 radical (unpaired) electrons. The molecule has 8 heteroatoms. The van der Waals surface area contributed by atoms with E-state index in [4.69, 9.17) is 9.47 Å². The van der Waals surface area contributed by atoms with Gasteiger partial charge in [0.25, 0.3) is 0 Å². The number of hydrogen-bond acceptors (Lipinski definition) is 7. The minimum absolute atomic E-state index is 0.0705. The van der Waals surface area contributed by atoms with Crippen molar-refractivity contribution in [2.75, 3.05) is 20.3 Å². The molecule has 1 aromatic carbocycles. The molecular weight excluding hydrogens is 426 g/mol. The first kappa shape index (κ1) is 22.6. The number of methoxy groups -OCH3 is 1. The van der Waals surface area contributed by atoms with Crippen molar-refractivity contribution in [2.45, 2.75) is 52.2 Å². The van der Waals surface area contributed by atoms with Gasteiger partial charge in [-0.05, 0) is 50.1 Å². The van der Waals surface area contributed by atoms with E-state index >= 15 is 0 Å². The van der Waals surface area contributed by atoms with E-state index in [0.717, 1.165) is 47.0 Å². The topological polar surface area (TPSA) is 80.2 Å². The van der Waals surface area contributed by atoms with Crippen LogP contribution in [0, 0.1) is 13.8 Å². The van der Waals surface area contributed by atoms with Crippen LogP contribution in [0.5, 0.6) is 0 Å². The highest BCUT2D eigenvalue weighted by molar-refractivity contribution is 8.16. The van der Waals surface area contributed by atoms with E-state index in [1.54, 1.807) is 0 Å². The number of nitrogens with zero attached hydrogens (tertiary/aromatic N) is 2. The molecule has 1 saturated heterocycles. The lowest BCUT2D eigenvalue weighted by Crippen LogP contribution is -2.39. The van der Waals surface area contributed by atoms with Crippen molar-refractivity contribution >= 4 is 28.8 Å². The van der Waals surface area contributed by atoms with Gasteiger partial charge in [-0.25, -0.2) is 9.79 Å². The molecule has 0 spiro atoms. The van der Waals surface area contributed by atoms with Gasteiger partial charge >= 0.3 is 5.97 Å². The molecule has 3 aliphatic rings. The first-order valence-corrected chi connectivity index (χ1v) is 11.7. The standard InChI is InChI=1S/C24H29N3O4S/c1-14-7-8-19(15(2)10-14)22-21(23(29)30-4)16(3)26-24-27(22)17(13-32-24)11-20(28)25-12-18-6-5-9-31-18/h7-8,10,13,18,22H,5-6,9,11-12H2,1-4H3,(H,25,28)/t18-,22-/m0/s1. The second kappa shape index (κ2) is 9.50. The zero-order chi connectivity index (χ0) is 22.8. The molecule has 1 amide bonds. The maximum Gasteiger partial charge on any atom is 0.338 e. The second-order valence-electron chi connectivity index (χ2n) is 8.36. The van der Waals surface area contributed by atoms with Crippen molar-refractivity contribution in [2.24, 2.45) is 4.99 Å². The van der Waals surface area contributed by atoms with Crippen molar-refractivity contribution < 1.29 is 19.1 Å². The lowest BCUT2D eigenvalue weighted by atomic mass is 9.90. The van der Waals surface area contributed by atoms with Crippen LogP contribution in [0.1, 0.15) is 48.9 Å². The van der Waals surface area contributed by atoms with Gasteiger partial charge < -0.3 is 19.7 Å². The molecule has 0 aromatic heterocycles. The molecule has 170 valence electrons. The molecule has 1 fully saturated rings. The van der Waals surface area contributed by atoms with Crippen LogP contribution < -0.4 is 5.32 Å². The van der Waals surface area contributed by atoms with Gasteiger partial charge in [-0.3, -0.25) is 4.79 Å². The minimum atomic E-state index is -0.408. The number of carbonyl (C=O) groups is 2. The molecule has 0 saturated carbocycles. The largest absolute Gasteiger partial charge is 0.466 e. The molecule has 1 aromatic rings. The number of rotatable bonds is 6. The number of benzene rings is 1. The molecule has 0 aliphatic carbocycles. The molecule has 1 N–H and O–H groups in total. The van der Waals surface area contributed by atoms with Crippen molar-refractivity contribution in [1.82, 2.24) is 10.2 Å². The average Bonchev–Trinajstić information content (AvgIpc) is 3.41. The number of allylic oxidation sites excluding steroid dienone is 1. The molecule has 32 heavy (non-hydrogen) atoms. The van der Waals surface area contributed by atoms with Crippen LogP contribution in [0.25, 0.3) is 0 Å². The molecular formula is C24H29N3O4S. The van der Waals surface area contributed by atoms with Crippen LogP contribution in [0.3, 0.4) is 0 Å². The number of thioether (sulfide) groups is 1. The summed E-state index contributed by atoms with van der Waals surface area (Å²) in [4.78, 5) is 32.2. The fourth-order valence-corrected chi connectivity index (χ4v) is 5.39. The molecule has 4 rings (SSSR count). The second-order valence-corrected chi connectivity index (χ2v) is 9.20. The summed E-state index contributed by atoms with van der Waals surface area (Å²) in [6, 6.07) is 5.79. The third-order valence-electron chi connectivity index (χ3n) is 6.02. The summed E-state index contributed by atoms with van der Waals surface area (Å²) in [5, 5.41) is 5.71.